The molecular formula is C10H7F5O2. The molecule has 0 N–H and O–H groups in total. The molecule has 0 radical (unpaired) electrons. The fourth-order valence-electron chi connectivity index (χ4n) is 0.945. The second-order valence-corrected chi connectivity index (χ2v) is 3.09. The maximum Gasteiger partial charge on any atom is 0.482 e. The molecule has 17 heavy (non-hydrogen) atoms. The molecule has 1 rings (SSSR count). The third-order valence-electron chi connectivity index (χ3n) is 1.81. The molecule has 0 amide bonds. The highest BCUT2D eigenvalue weighted by Crippen LogP contribution is 2.36. The average Bonchev–Trinajstić information content (AvgIpc) is 2.25. The molecule has 0 bridgehead atoms. The van der Waals surface area contributed by atoms with E-state index in [1.54, 1.807) is 6.07 Å². The normalized spacial score (nSPS) is 12.5. The van der Waals surface area contributed by atoms with Crippen molar-refractivity contribution >= 4 is 5.78 Å². The smallest absolute Gasteiger partial charge is 0.305 e. The lowest BCUT2D eigenvalue weighted by molar-refractivity contribution is -0.387. The minimum absolute atomic E-state index is 0.00507. The first kappa shape index (κ1) is 13.6. The Hall–Kier alpha value is -1.50. The summed E-state index contributed by atoms with van der Waals surface area (Å²) in [5.41, 5.74) is 0.00507. The molecule has 0 unspecified atom stereocenters. The molecule has 0 aliphatic rings. The molecule has 1 aromatic carbocycles. The summed E-state index contributed by atoms with van der Waals surface area (Å²) in [4.78, 5) is 11.2. The highest BCUT2D eigenvalue weighted by Gasteiger charge is 2.59. The molecule has 0 saturated carbocycles. The van der Waals surface area contributed by atoms with Crippen LogP contribution in [0.3, 0.4) is 0 Å². The third kappa shape index (κ3) is 3.48. The van der Waals surface area contributed by atoms with E-state index in [2.05, 4.69) is 4.74 Å². The Bertz CT molecular complexity index is 385. The number of benzene rings is 1. The first-order chi connectivity index (χ1) is 7.74. The molecule has 0 aliphatic carbocycles. The summed E-state index contributed by atoms with van der Waals surface area (Å²) in [6.07, 6.45) is -11.2. The van der Waals surface area contributed by atoms with Crippen molar-refractivity contribution in [2.45, 2.75) is 12.3 Å². The minimum Gasteiger partial charge on any atom is -0.305 e. The fourth-order valence-corrected chi connectivity index (χ4v) is 0.945. The van der Waals surface area contributed by atoms with Crippen LogP contribution in [-0.4, -0.2) is 24.7 Å². The molecule has 1 aromatic rings. The van der Waals surface area contributed by atoms with Gasteiger partial charge < -0.3 is 4.74 Å². The van der Waals surface area contributed by atoms with Crippen LogP contribution < -0.4 is 0 Å². The Morgan fingerprint density at radius 3 is 2.06 bits per heavy atom. The number of alkyl halides is 5. The van der Waals surface area contributed by atoms with E-state index in [0.717, 1.165) is 0 Å². The quantitative estimate of drug-likeness (QED) is 0.609. The maximum absolute atomic E-state index is 12.3. The van der Waals surface area contributed by atoms with Crippen molar-refractivity contribution in [2.75, 3.05) is 6.61 Å². The van der Waals surface area contributed by atoms with Crippen LogP contribution in [0.4, 0.5) is 22.0 Å². The summed E-state index contributed by atoms with van der Waals surface area (Å²) in [6, 6.07) is 7.06. The van der Waals surface area contributed by atoms with Gasteiger partial charge in [-0.3, -0.25) is 4.79 Å². The first-order valence-electron chi connectivity index (χ1n) is 4.41. The monoisotopic (exact) mass is 254 g/mol. The van der Waals surface area contributed by atoms with E-state index in [4.69, 9.17) is 0 Å². The lowest BCUT2D eigenvalue weighted by Gasteiger charge is -2.18. The molecule has 0 atom stereocenters. The van der Waals surface area contributed by atoms with Crippen molar-refractivity contribution in [3.8, 4) is 0 Å². The van der Waals surface area contributed by atoms with Gasteiger partial charge in [-0.05, 0) is 0 Å². The topological polar surface area (TPSA) is 26.3 Å². The lowest BCUT2D eigenvalue weighted by atomic mass is 10.1. The summed E-state index contributed by atoms with van der Waals surface area (Å²) in [7, 11) is 0. The Labute approximate surface area is 93.0 Å². The summed E-state index contributed by atoms with van der Waals surface area (Å²) >= 11 is 0. The van der Waals surface area contributed by atoms with Crippen molar-refractivity contribution in [3.05, 3.63) is 35.9 Å². The molecule has 0 saturated heterocycles. The van der Waals surface area contributed by atoms with Gasteiger partial charge in [0, 0.05) is 5.56 Å². The molecular weight excluding hydrogens is 247 g/mol. The van der Waals surface area contributed by atoms with Crippen LogP contribution in [0.15, 0.2) is 30.3 Å². The van der Waals surface area contributed by atoms with Crippen LogP contribution in [0, 0.1) is 0 Å². The van der Waals surface area contributed by atoms with Crippen LogP contribution in [0.5, 0.6) is 0 Å². The summed E-state index contributed by atoms with van der Waals surface area (Å²) in [5, 5.41) is 0. The molecule has 0 heterocycles. The van der Waals surface area contributed by atoms with E-state index in [1.165, 1.54) is 24.3 Å². The Kier molecular flexibility index (Phi) is 3.82. The molecule has 0 fully saturated rings. The third-order valence-corrected chi connectivity index (χ3v) is 1.81. The number of hydrogen-bond acceptors (Lipinski definition) is 2. The van der Waals surface area contributed by atoms with Crippen molar-refractivity contribution in [3.63, 3.8) is 0 Å². The van der Waals surface area contributed by atoms with Crippen LogP contribution in [0.2, 0.25) is 0 Å². The number of Topliss-reactive ketones (excluding diaryl/α,β-unsaturated/α-hetero) is 1. The maximum atomic E-state index is 12.3. The van der Waals surface area contributed by atoms with Gasteiger partial charge in [0.25, 0.3) is 0 Å². The highest BCUT2D eigenvalue weighted by molar-refractivity contribution is 5.97. The van der Waals surface area contributed by atoms with E-state index in [0.29, 0.717) is 0 Å². The van der Waals surface area contributed by atoms with E-state index in [9.17, 15) is 26.7 Å². The highest BCUT2D eigenvalue weighted by atomic mass is 19.4. The Balaban J connectivity index is 2.61. The van der Waals surface area contributed by atoms with Crippen molar-refractivity contribution in [1.29, 1.82) is 0 Å². The van der Waals surface area contributed by atoms with Crippen molar-refractivity contribution < 1.29 is 31.5 Å². The number of ether oxygens (including phenoxy) is 1. The standard InChI is InChI=1S/C10H7F5O2/c11-9(12,13)10(14,15)17-6-8(16)7-4-2-1-3-5-7/h1-5H,6H2. The lowest BCUT2D eigenvalue weighted by Crippen LogP contribution is -2.40. The number of ketones is 1. The molecule has 2 nitrogen and oxygen atoms in total. The van der Waals surface area contributed by atoms with E-state index in [1.807, 2.05) is 0 Å². The molecule has 0 aliphatic heterocycles. The van der Waals surface area contributed by atoms with Gasteiger partial charge in [-0.2, -0.15) is 22.0 Å². The van der Waals surface area contributed by atoms with Crippen LogP contribution in [-0.2, 0) is 4.74 Å². The van der Waals surface area contributed by atoms with Gasteiger partial charge in [-0.25, -0.2) is 0 Å². The van der Waals surface area contributed by atoms with Gasteiger partial charge in [-0.1, -0.05) is 30.3 Å². The second-order valence-electron chi connectivity index (χ2n) is 3.09. The summed E-state index contributed by atoms with van der Waals surface area (Å²) in [6.45, 7) is -1.34. The van der Waals surface area contributed by atoms with Crippen LogP contribution >= 0.6 is 0 Å². The Morgan fingerprint density at radius 1 is 1.06 bits per heavy atom. The van der Waals surface area contributed by atoms with Crippen molar-refractivity contribution in [2.24, 2.45) is 0 Å². The summed E-state index contributed by atoms with van der Waals surface area (Å²) < 4.78 is 63.0. The van der Waals surface area contributed by atoms with Gasteiger partial charge in [0.15, 0.2) is 5.78 Å². The van der Waals surface area contributed by atoms with E-state index < -0.39 is 24.7 Å². The molecule has 0 aromatic heterocycles. The van der Waals surface area contributed by atoms with Crippen LogP contribution in [0.25, 0.3) is 0 Å². The number of carbonyl (C=O) groups is 1. The van der Waals surface area contributed by atoms with Gasteiger partial charge in [0.2, 0.25) is 0 Å². The number of hydrogen-bond donors (Lipinski definition) is 0. The van der Waals surface area contributed by atoms with Crippen molar-refractivity contribution in [1.82, 2.24) is 0 Å². The van der Waals surface area contributed by atoms with E-state index in [-0.39, 0.29) is 5.56 Å². The van der Waals surface area contributed by atoms with Gasteiger partial charge in [0.1, 0.15) is 6.61 Å². The largest absolute Gasteiger partial charge is 0.482 e. The number of halogens is 5. The van der Waals surface area contributed by atoms with E-state index >= 15 is 0 Å². The van der Waals surface area contributed by atoms with Gasteiger partial charge >= 0.3 is 12.3 Å². The van der Waals surface area contributed by atoms with Crippen LogP contribution in [0.1, 0.15) is 10.4 Å². The zero-order valence-electron chi connectivity index (χ0n) is 8.30. The first-order valence-corrected chi connectivity index (χ1v) is 4.41. The van der Waals surface area contributed by atoms with Gasteiger partial charge in [0.05, 0.1) is 0 Å². The Morgan fingerprint density at radius 2 is 1.59 bits per heavy atom. The number of carbonyl (C=O) groups excluding carboxylic acids is 1. The fraction of sp³-hybridized carbons (Fsp3) is 0.300. The molecule has 94 valence electrons. The minimum atomic E-state index is -5.83. The van der Waals surface area contributed by atoms with Gasteiger partial charge in [-0.15, -0.1) is 0 Å². The second kappa shape index (κ2) is 4.79. The SMILES string of the molecule is O=C(COC(F)(F)C(F)(F)F)c1ccccc1. The summed E-state index contributed by atoms with van der Waals surface area (Å²) in [5.74, 6) is -0.950. The zero-order chi connectivity index (χ0) is 13.1. The average molecular weight is 254 g/mol. The predicted octanol–water partition coefficient (Wildman–Crippen LogP) is 3.04. The number of rotatable bonds is 4. The predicted molar refractivity (Wildman–Crippen MR) is 47.7 cm³/mol. The molecule has 7 heteroatoms. The molecule has 0 spiro atoms. The zero-order valence-corrected chi connectivity index (χ0v) is 8.30.